The third-order valence-corrected chi connectivity index (χ3v) is 14.9. The van der Waals surface area contributed by atoms with Crippen molar-refractivity contribution < 1.29 is 17.7 Å². The Labute approximate surface area is 421 Å². The van der Waals surface area contributed by atoms with Crippen LogP contribution in [0.2, 0.25) is 0 Å². The Morgan fingerprint density at radius 1 is 0.324 bits per heavy atom. The number of hydrogen-bond donors (Lipinski definition) is 0. The number of nitrogens with zero attached hydrogens (tertiary/aromatic N) is 4. The van der Waals surface area contributed by atoms with E-state index in [0.717, 1.165) is 121 Å². The van der Waals surface area contributed by atoms with E-state index >= 15 is 0 Å². The molecule has 4 heterocycles. The molecule has 0 aliphatic heterocycles. The Morgan fingerprint density at radius 3 is 1.19 bits per heavy atom. The molecule has 74 heavy (non-hydrogen) atoms. The van der Waals surface area contributed by atoms with Crippen molar-refractivity contribution in [2.45, 2.75) is 13.8 Å². The van der Waals surface area contributed by atoms with E-state index < -0.39 is 0 Å². The van der Waals surface area contributed by atoms with Gasteiger partial charge in [-0.1, -0.05) is 109 Å². The Kier molecular flexibility index (Phi) is 8.75. The van der Waals surface area contributed by atoms with Crippen LogP contribution in [0.5, 0.6) is 0 Å². The maximum absolute atomic E-state index is 11.2. The number of para-hydroxylation sites is 6. The lowest BCUT2D eigenvalue weighted by atomic mass is 9.96. The molecular weight excluding hydrogens is 913 g/mol. The van der Waals surface area contributed by atoms with E-state index in [1.54, 1.807) is 0 Å². The quantitative estimate of drug-likeness (QED) is 0.162. The van der Waals surface area contributed by atoms with Gasteiger partial charge >= 0.3 is 0 Å². The van der Waals surface area contributed by atoms with E-state index in [9.17, 15) is 10.5 Å². The highest BCUT2D eigenvalue weighted by Gasteiger charge is 2.27. The zero-order valence-corrected chi connectivity index (χ0v) is 39.9. The van der Waals surface area contributed by atoms with Gasteiger partial charge in [0.05, 0.1) is 16.9 Å². The molecule has 8 nitrogen and oxygen atoms in total. The highest BCUT2D eigenvalue weighted by Crippen LogP contribution is 2.49. The summed E-state index contributed by atoms with van der Waals surface area (Å²) in [4.78, 5) is 4.49. The summed E-state index contributed by atoms with van der Waals surface area (Å²) in [5.41, 5.74) is 13.6. The molecule has 0 radical (unpaired) electrons. The lowest BCUT2D eigenvalue weighted by molar-refractivity contribution is 0.654. The van der Waals surface area contributed by atoms with E-state index in [1.807, 2.05) is 60.7 Å². The molecule has 4 aromatic heterocycles. The number of anilines is 6. The van der Waals surface area contributed by atoms with Crippen LogP contribution in [-0.2, 0) is 0 Å². The fourth-order valence-corrected chi connectivity index (χ4v) is 11.5. The fraction of sp³-hybridized carbons (Fsp3) is 0.0303. The van der Waals surface area contributed by atoms with E-state index in [0.29, 0.717) is 38.7 Å². The summed E-state index contributed by atoms with van der Waals surface area (Å²) in [5.74, 6) is 0. The largest absolute Gasteiger partial charge is 0.454 e. The van der Waals surface area contributed by atoms with Crippen molar-refractivity contribution in [2.75, 3.05) is 9.80 Å². The van der Waals surface area contributed by atoms with Crippen LogP contribution in [0.4, 0.5) is 34.1 Å². The van der Waals surface area contributed by atoms with Gasteiger partial charge in [-0.3, -0.25) is 0 Å². The number of benzene rings is 11. The normalized spacial score (nSPS) is 11.9. The molecule has 11 aromatic carbocycles. The van der Waals surface area contributed by atoms with Crippen LogP contribution < -0.4 is 9.80 Å². The molecule has 0 spiro atoms. The maximum atomic E-state index is 11.2. The van der Waals surface area contributed by atoms with Crippen molar-refractivity contribution in [1.29, 1.82) is 10.5 Å². The Bertz CT molecular complexity index is 4700. The molecule has 346 valence electrons. The van der Waals surface area contributed by atoms with Gasteiger partial charge in [-0.2, -0.15) is 10.5 Å². The molecule has 0 amide bonds. The highest BCUT2D eigenvalue weighted by atomic mass is 16.3. The van der Waals surface area contributed by atoms with Crippen LogP contribution in [0, 0.1) is 36.5 Å². The maximum Gasteiger partial charge on any atom is 0.159 e. The minimum atomic E-state index is 0.241. The van der Waals surface area contributed by atoms with Gasteiger partial charge in [0.2, 0.25) is 0 Å². The molecule has 0 fully saturated rings. The van der Waals surface area contributed by atoms with Gasteiger partial charge in [0.1, 0.15) is 40.0 Å². The predicted molar refractivity (Wildman–Crippen MR) is 299 cm³/mol. The zero-order valence-electron chi connectivity index (χ0n) is 39.9. The molecule has 15 rings (SSSR count). The second-order valence-corrected chi connectivity index (χ2v) is 19.1. The Morgan fingerprint density at radius 2 is 0.730 bits per heavy atom. The summed E-state index contributed by atoms with van der Waals surface area (Å²) in [6, 6.07) is 71.4. The average molecular weight is 951 g/mol. The summed E-state index contributed by atoms with van der Waals surface area (Å²) in [6.07, 6.45) is 0. The third kappa shape index (κ3) is 5.94. The van der Waals surface area contributed by atoms with E-state index in [-0.39, 0.29) is 5.56 Å². The molecule has 0 aliphatic rings. The summed E-state index contributed by atoms with van der Waals surface area (Å²) in [6.45, 7) is 4.23. The second kappa shape index (κ2) is 15.6. The van der Waals surface area contributed by atoms with Crippen molar-refractivity contribution in [2.24, 2.45) is 0 Å². The van der Waals surface area contributed by atoms with Crippen LogP contribution in [0.3, 0.4) is 0 Å². The minimum Gasteiger partial charge on any atom is -0.454 e. The highest BCUT2D eigenvalue weighted by molar-refractivity contribution is 6.24. The first-order valence-corrected chi connectivity index (χ1v) is 24.5. The summed E-state index contributed by atoms with van der Waals surface area (Å²) in [7, 11) is 0. The van der Waals surface area contributed by atoms with Gasteiger partial charge in [-0.25, -0.2) is 0 Å². The van der Waals surface area contributed by atoms with Crippen LogP contribution in [-0.4, -0.2) is 0 Å². The summed E-state index contributed by atoms with van der Waals surface area (Å²) in [5, 5.41) is 32.7. The lowest BCUT2D eigenvalue weighted by Crippen LogP contribution is -2.11. The second-order valence-electron chi connectivity index (χ2n) is 19.1. The van der Waals surface area contributed by atoms with Gasteiger partial charge in [-0.05, 0) is 131 Å². The van der Waals surface area contributed by atoms with Crippen molar-refractivity contribution in [3.8, 4) is 12.1 Å². The molecular formula is C66H38N4O4. The smallest absolute Gasteiger partial charge is 0.159 e. The molecule has 15 aromatic rings. The van der Waals surface area contributed by atoms with Gasteiger partial charge in [0, 0.05) is 65.8 Å². The molecule has 0 aliphatic carbocycles. The van der Waals surface area contributed by atoms with E-state index in [4.69, 9.17) is 17.7 Å². The fourth-order valence-electron chi connectivity index (χ4n) is 11.5. The zero-order chi connectivity index (χ0) is 49.3. The molecule has 0 saturated carbocycles. The van der Waals surface area contributed by atoms with Crippen molar-refractivity contribution in [3.05, 3.63) is 216 Å². The number of furan rings is 4. The van der Waals surface area contributed by atoms with Gasteiger partial charge in [-0.15, -0.1) is 0 Å². The summed E-state index contributed by atoms with van der Waals surface area (Å²) < 4.78 is 26.6. The standard InChI is InChI=1S/C66H38N4O4/c1-37-13-3-7-19-53(37)69(55-21-11-17-47-45-15-5-9-23-57(45)71-63(47)55)43-27-25-39-31-49-59(33-41(39)29-43)73-65-52(36-68)66-62(51(35-67)61(49)65)50-32-40-26-28-44(30-42(40)34-60(50)74-66)70(54-20-8-4-14-38(54)2)56-22-12-18-48-46-16-6-10-24-58(46)72-64(48)56/h3-34H,1-2H3. The minimum absolute atomic E-state index is 0.241. The summed E-state index contributed by atoms with van der Waals surface area (Å²) >= 11 is 0. The Hall–Kier alpha value is -10.3. The van der Waals surface area contributed by atoms with E-state index in [1.165, 1.54) is 0 Å². The number of nitriles is 2. The van der Waals surface area contributed by atoms with Crippen LogP contribution in [0.15, 0.2) is 212 Å². The first kappa shape index (κ1) is 41.5. The SMILES string of the molecule is Cc1ccccc1N(c1ccc2cc3c(cc2c1)oc1c(C#N)c2oc4cc5cc(N(c6ccccc6C)c6cccc7c6oc6ccccc67)ccc5cc4c2c(C#N)c13)c1cccc2c1oc1ccccc12. The van der Waals surface area contributed by atoms with Crippen molar-refractivity contribution in [3.63, 3.8) is 0 Å². The molecule has 8 heteroatoms. The average Bonchev–Trinajstić information content (AvgIpc) is 4.21. The van der Waals surface area contributed by atoms with Crippen LogP contribution in [0.1, 0.15) is 22.3 Å². The monoisotopic (exact) mass is 950 g/mol. The lowest BCUT2D eigenvalue weighted by Gasteiger charge is -2.27. The van der Waals surface area contributed by atoms with Crippen molar-refractivity contribution in [1.82, 2.24) is 0 Å². The third-order valence-electron chi connectivity index (χ3n) is 14.9. The van der Waals surface area contributed by atoms with Crippen LogP contribution >= 0.6 is 0 Å². The molecule has 0 unspecified atom stereocenters. The molecule has 0 N–H and O–H groups in total. The topological polar surface area (TPSA) is 107 Å². The number of hydrogen-bond acceptors (Lipinski definition) is 8. The van der Waals surface area contributed by atoms with E-state index in [2.05, 4.69) is 169 Å². The van der Waals surface area contributed by atoms with Crippen LogP contribution in [0.25, 0.3) is 109 Å². The van der Waals surface area contributed by atoms with Crippen molar-refractivity contribution >= 4 is 143 Å². The number of rotatable bonds is 6. The first-order chi connectivity index (χ1) is 36.4. The first-order valence-electron chi connectivity index (χ1n) is 24.5. The molecule has 0 saturated heterocycles. The molecule has 0 atom stereocenters. The van der Waals surface area contributed by atoms with Gasteiger partial charge < -0.3 is 27.5 Å². The molecule has 0 bridgehead atoms. The van der Waals surface area contributed by atoms with Gasteiger partial charge in [0.15, 0.2) is 22.3 Å². The Balaban J connectivity index is 0.890. The number of fused-ring (bicyclic) bond motifs is 14. The van der Waals surface area contributed by atoms with Gasteiger partial charge in [0.25, 0.3) is 0 Å². The number of aryl methyl sites for hydroxylation is 2. The predicted octanol–water partition coefficient (Wildman–Crippen LogP) is 18.9.